The molecule has 25 heavy (non-hydrogen) atoms. The van der Waals surface area contributed by atoms with Crippen LogP contribution in [0.25, 0.3) is 0 Å². The standard InChI is InChI=1S/C19H29NO4S/c1-18-9-7-13(24-25(20,22)23)11-12(18)3-4-14-15-5-6-17(21)19(15,2)10-8-16(14)18/h3,13-16H,4-11H2,1-2H3,(H2,20,22,23)/t13?,14-,15-,16-,18-,19-/m0/s1. The number of nitrogens with two attached hydrogens (primary N) is 1. The second-order valence-corrected chi connectivity index (χ2v) is 10.3. The van der Waals surface area contributed by atoms with Crippen LogP contribution in [-0.4, -0.2) is 20.3 Å². The van der Waals surface area contributed by atoms with Crippen molar-refractivity contribution in [2.24, 2.45) is 33.7 Å². The first-order chi connectivity index (χ1) is 11.6. The third-order valence-corrected chi connectivity index (χ3v) is 8.58. The lowest BCUT2D eigenvalue weighted by Crippen LogP contribution is -2.50. The molecule has 0 aliphatic heterocycles. The number of Topliss-reactive ketones (excluding diaryl/α,β-unsaturated/α-hetero) is 1. The molecule has 0 aromatic heterocycles. The van der Waals surface area contributed by atoms with Gasteiger partial charge in [-0.1, -0.05) is 25.5 Å². The van der Waals surface area contributed by atoms with E-state index < -0.39 is 10.3 Å². The Morgan fingerprint density at radius 2 is 1.80 bits per heavy atom. The van der Waals surface area contributed by atoms with E-state index in [9.17, 15) is 13.2 Å². The van der Waals surface area contributed by atoms with Crippen molar-refractivity contribution in [2.45, 2.75) is 71.3 Å². The first kappa shape index (κ1) is 17.7. The van der Waals surface area contributed by atoms with Gasteiger partial charge in [0.1, 0.15) is 5.78 Å². The molecular weight excluding hydrogens is 338 g/mol. The number of carbonyl (C=O) groups is 1. The maximum atomic E-state index is 12.4. The predicted octanol–water partition coefficient (Wildman–Crippen LogP) is 3.11. The lowest BCUT2D eigenvalue weighted by molar-refractivity contribution is -0.131. The number of hydrogen-bond donors (Lipinski definition) is 1. The molecule has 2 N–H and O–H groups in total. The zero-order valence-corrected chi connectivity index (χ0v) is 16.0. The van der Waals surface area contributed by atoms with Crippen LogP contribution in [0, 0.1) is 28.6 Å². The van der Waals surface area contributed by atoms with Gasteiger partial charge in [-0.05, 0) is 68.1 Å². The molecule has 0 radical (unpaired) electrons. The van der Waals surface area contributed by atoms with Gasteiger partial charge in [-0.25, -0.2) is 5.14 Å². The van der Waals surface area contributed by atoms with E-state index in [-0.39, 0.29) is 16.9 Å². The first-order valence-corrected chi connectivity index (χ1v) is 11.0. The fraction of sp³-hybridized carbons (Fsp3) is 0.842. The molecule has 1 unspecified atom stereocenters. The largest absolute Gasteiger partial charge is 0.333 e. The van der Waals surface area contributed by atoms with Crippen LogP contribution >= 0.6 is 0 Å². The number of ketones is 1. The molecule has 3 fully saturated rings. The number of hydrogen-bond acceptors (Lipinski definition) is 4. The number of allylic oxidation sites excluding steroid dienone is 1. The number of fused-ring (bicyclic) bond motifs is 5. The number of carbonyl (C=O) groups excluding carboxylic acids is 1. The molecule has 5 nitrogen and oxygen atoms in total. The lowest BCUT2D eigenvalue weighted by atomic mass is 9.48. The molecule has 0 heterocycles. The minimum Gasteiger partial charge on any atom is -0.299 e. The topological polar surface area (TPSA) is 86.5 Å². The molecule has 4 aliphatic rings. The van der Waals surface area contributed by atoms with Crippen molar-refractivity contribution in [3.05, 3.63) is 11.6 Å². The molecule has 4 rings (SSSR count). The van der Waals surface area contributed by atoms with E-state index in [4.69, 9.17) is 9.32 Å². The third kappa shape index (κ3) is 2.72. The van der Waals surface area contributed by atoms with Crippen LogP contribution in [0.4, 0.5) is 0 Å². The Hall–Kier alpha value is -0.720. The smallest absolute Gasteiger partial charge is 0.299 e. The fourth-order valence-electron chi connectivity index (χ4n) is 6.67. The van der Waals surface area contributed by atoms with Gasteiger partial charge in [-0.15, -0.1) is 0 Å². The maximum absolute atomic E-state index is 12.4. The van der Waals surface area contributed by atoms with Gasteiger partial charge in [0.25, 0.3) is 0 Å². The summed E-state index contributed by atoms with van der Waals surface area (Å²) in [7, 11) is -3.90. The van der Waals surface area contributed by atoms with Crippen molar-refractivity contribution in [3.63, 3.8) is 0 Å². The van der Waals surface area contributed by atoms with Crippen LogP contribution in [0.3, 0.4) is 0 Å². The molecular formula is C19H29NO4S. The van der Waals surface area contributed by atoms with Crippen molar-refractivity contribution in [1.82, 2.24) is 0 Å². The van der Waals surface area contributed by atoms with Crippen LogP contribution in [-0.2, 0) is 19.3 Å². The monoisotopic (exact) mass is 367 g/mol. The summed E-state index contributed by atoms with van der Waals surface area (Å²) in [5.41, 5.74) is 1.37. The van der Waals surface area contributed by atoms with Crippen LogP contribution in [0.1, 0.15) is 65.2 Å². The maximum Gasteiger partial charge on any atom is 0.333 e. The van der Waals surface area contributed by atoms with E-state index in [0.29, 0.717) is 30.0 Å². The second-order valence-electron chi connectivity index (χ2n) is 9.13. The second kappa shape index (κ2) is 5.64. The highest BCUT2D eigenvalue weighted by atomic mass is 32.2. The lowest BCUT2D eigenvalue weighted by Gasteiger charge is -2.56. The predicted molar refractivity (Wildman–Crippen MR) is 94.7 cm³/mol. The molecule has 0 saturated heterocycles. The molecule has 0 aromatic carbocycles. The Morgan fingerprint density at radius 3 is 2.52 bits per heavy atom. The quantitative estimate of drug-likeness (QED) is 0.760. The fourth-order valence-corrected chi connectivity index (χ4v) is 7.21. The van der Waals surface area contributed by atoms with Gasteiger partial charge >= 0.3 is 10.3 Å². The average molecular weight is 368 g/mol. The first-order valence-electron chi connectivity index (χ1n) is 9.57. The Kier molecular flexibility index (Phi) is 3.99. The Morgan fingerprint density at radius 1 is 1.12 bits per heavy atom. The zero-order chi connectivity index (χ0) is 18.0. The van der Waals surface area contributed by atoms with Gasteiger partial charge in [-0.3, -0.25) is 8.98 Å². The van der Waals surface area contributed by atoms with E-state index in [1.807, 2.05) is 0 Å². The van der Waals surface area contributed by atoms with Gasteiger partial charge in [0, 0.05) is 11.8 Å². The van der Waals surface area contributed by atoms with E-state index in [1.54, 1.807) is 0 Å². The summed E-state index contributed by atoms with van der Waals surface area (Å²) in [4.78, 5) is 12.4. The van der Waals surface area contributed by atoms with Crippen molar-refractivity contribution < 1.29 is 17.4 Å². The molecule has 0 aromatic rings. The molecule has 6 atom stereocenters. The van der Waals surface area contributed by atoms with E-state index >= 15 is 0 Å². The van der Waals surface area contributed by atoms with E-state index in [0.717, 1.165) is 44.9 Å². The highest BCUT2D eigenvalue weighted by Crippen LogP contribution is 2.64. The van der Waals surface area contributed by atoms with Crippen molar-refractivity contribution in [2.75, 3.05) is 0 Å². The molecule has 0 amide bonds. The van der Waals surface area contributed by atoms with Gasteiger partial charge in [-0.2, -0.15) is 8.42 Å². The summed E-state index contributed by atoms with van der Waals surface area (Å²) in [6, 6.07) is 0. The molecule has 140 valence electrons. The normalized spacial score (nSPS) is 46.8. The molecule has 0 spiro atoms. The van der Waals surface area contributed by atoms with E-state index in [1.165, 1.54) is 5.57 Å². The van der Waals surface area contributed by atoms with Gasteiger partial charge in [0.15, 0.2) is 0 Å². The summed E-state index contributed by atoms with van der Waals surface area (Å²) in [5, 5.41) is 5.06. The summed E-state index contributed by atoms with van der Waals surface area (Å²) >= 11 is 0. The minimum absolute atomic E-state index is 0.100. The highest BCUT2D eigenvalue weighted by Gasteiger charge is 2.58. The molecule has 0 bridgehead atoms. The Bertz CT molecular complexity index is 730. The summed E-state index contributed by atoms with van der Waals surface area (Å²) < 4.78 is 27.6. The van der Waals surface area contributed by atoms with Crippen molar-refractivity contribution >= 4 is 16.1 Å². The number of rotatable bonds is 2. The average Bonchev–Trinajstić information content (AvgIpc) is 2.82. The molecule has 3 saturated carbocycles. The van der Waals surface area contributed by atoms with E-state index in [2.05, 4.69) is 19.9 Å². The van der Waals surface area contributed by atoms with Gasteiger partial charge in [0.05, 0.1) is 6.10 Å². The SMILES string of the molecule is C[C@]12CCC(OS(N)(=O)=O)CC1=CC[C@@H]1[C@@H]2CC[C@]2(C)C(=O)CC[C@@H]12. The summed E-state index contributed by atoms with van der Waals surface area (Å²) in [5.74, 6) is 2.19. The van der Waals surface area contributed by atoms with Crippen LogP contribution < -0.4 is 5.14 Å². The van der Waals surface area contributed by atoms with Crippen molar-refractivity contribution in [1.29, 1.82) is 0 Å². The highest BCUT2D eigenvalue weighted by molar-refractivity contribution is 7.84. The minimum atomic E-state index is -3.90. The van der Waals surface area contributed by atoms with Gasteiger partial charge in [0.2, 0.25) is 0 Å². The Labute approximate surface area is 150 Å². The van der Waals surface area contributed by atoms with Crippen molar-refractivity contribution in [3.8, 4) is 0 Å². The molecule has 6 heteroatoms. The third-order valence-electron chi connectivity index (χ3n) is 8.04. The van der Waals surface area contributed by atoms with Crippen LogP contribution in [0.15, 0.2) is 11.6 Å². The van der Waals surface area contributed by atoms with Crippen LogP contribution in [0.5, 0.6) is 0 Å². The van der Waals surface area contributed by atoms with Crippen LogP contribution in [0.2, 0.25) is 0 Å². The van der Waals surface area contributed by atoms with Gasteiger partial charge < -0.3 is 0 Å². The Balaban J connectivity index is 1.59. The zero-order valence-electron chi connectivity index (χ0n) is 15.2. The molecule has 4 aliphatic carbocycles. The summed E-state index contributed by atoms with van der Waals surface area (Å²) in [6.45, 7) is 4.55. The summed E-state index contributed by atoms with van der Waals surface area (Å²) in [6.07, 6.45) is 9.28.